The van der Waals surface area contributed by atoms with Crippen LogP contribution in [0.25, 0.3) is 11.3 Å². The Morgan fingerprint density at radius 2 is 1.85 bits per heavy atom. The van der Waals surface area contributed by atoms with E-state index >= 15 is 0 Å². The lowest BCUT2D eigenvalue weighted by Gasteiger charge is -2.14. The van der Waals surface area contributed by atoms with Gasteiger partial charge in [0.15, 0.2) is 0 Å². The number of carbonyl (C=O) groups is 1. The molecule has 142 valence electrons. The van der Waals surface area contributed by atoms with Crippen molar-refractivity contribution in [1.29, 1.82) is 0 Å². The van der Waals surface area contributed by atoms with Gasteiger partial charge in [-0.2, -0.15) is 13.2 Å². The van der Waals surface area contributed by atoms with Crippen LogP contribution in [0.2, 0.25) is 10.0 Å². The molecule has 6 nitrogen and oxygen atoms in total. The van der Waals surface area contributed by atoms with E-state index in [-0.39, 0.29) is 49.1 Å². The molecule has 3 rings (SSSR count). The van der Waals surface area contributed by atoms with Crippen molar-refractivity contribution in [3.63, 3.8) is 0 Å². The monoisotopic (exact) mass is 436 g/mol. The number of benzene rings is 1. The largest absolute Gasteiger partial charge is 0.445 e. The second-order valence-electron chi connectivity index (χ2n) is 5.31. The van der Waals surface area contributed by atoms with Crippen LogP contribution in [-0.4, -0.2) is 28.3 Å². The highest BCUT2D eigenvalue weighted by molar-refractivity contribution is 7.15. The van der Waals surface area contributed by atoms with Crippen molar-refractivity contribution in [2.24, 2.45) is 0 Å². The summed E-state index contributed by atoms with van der Waals surface area (Å²) in [5.74, 6) is -0.539. The predicted molar refractivity (Wildman–Crippen MR) is 94.3 cm³/mol. The lowest BCUT2D eigenvalue weighted by atomic mass is 10.1. The van der Waals surface area contributed by atoms with Crippen LogP contribution >= 0.6 is 34.5 Å². The summed E-state index contributed by atoms with van der Waals surface area (Å²) in [4.78, 5) is 13.8. The minimum absolute atomic E-state index is 0.0104. The summed E-state index contributed by atoms with van der Waals surface area (Å²) < 4.78 is 43.3. The van der Waals surface area contributed by atoms with E-state index in [4.69, 9.17) is 27.7 Å². The number of rotatable bonds is 3. The first-order valence-electron chi connectivity index (χ1n) is 7.20. The fraction of sp³-hybridized carbons (Fsp3) is 0.200. The summed E-state index contributed by atoms with van der Waals surface area (Å²) in [6.45, 7) is 1.49. The molecule has 0 spiro atoms. The molecule has 0 aliphatic carbocycles. The van der Waals surface area contributed by atoms with Gasteiger partial charge in [0.25, 0.3) is 5.91 Å². The van der Waals surface area contributed by atoms with Gasteiger partial charge in [-0.05, 0) is 19.1 Å². The molecule has 0 unspecified atom stereocenters. The Morgan fingerprint density at radius 3 is 2.41 bits per heavy atom. The van der Waals surface area contributed by atoms with Crippen molar-refractivity contribution < 1.29 is 22.5 Å². The second kappa shape index (κ2) is 7.10. The Hall–Kier alpha value is -2.17. The average Bonchev–Trinajstić information content (AvgIpc) is 3.21. The number of halogens is 5. The van der Waals surface area contributed by atoms with E-state index < -0.39 is 17.1 Å². The number of aryl methyl sites for hydroxylation is 1. The average molecular weight is 437 g/mol. The highest BCUT2D eigenvalue weighted by Crippen LogP contribution is 2.38. The highest BCUT2D eigenvalue weighted by Gasteiger charge is 2.37. The molecular weight excluding hydrogens is 428 g/mol. The normalized spacial score (nSPS) is 11.7. The number of amides is 1. The molecule has 1 aromatic carbocycles. The van der Waals surface area contributed by atoms with Gasteiger partial charge in [-0.3, -0.25) is 9.69 Å². The fourth-order valence-electron chi connectivity index (χ4n) is 2.24. The molecule has 0 radical (unpaired) electrons. The van der Waals surface area contributed by atoms with Crippen molar-refractivity contribution in [2.45, 2.75) is 13.1 Å². The van der Waals surface area contributed by atoms with Gasteiger partial charge >= 0.3 is 6.18 Å². The minimum Gasteiger partial charge on any atom is -0.360 e. The molecule has 0 atom stereocenters. The summed E-state index contributed by atoms with van der Waals surface area (Å²) >= 11 is 12.6. The van der Waals surface area contributed by atoms with Crippen LogP contribution in [-0.2, 0) is 6.18 Å². The Labute approximate surface area is 164 Å². The molecule has 0 bridgehead atoms. The van der Waals surface area contributed by atoms with Gasteiger partial charge in [0.1, 0.15) is 17.0 Å². The van der Waals surface area contributed by atoms with Crippen LogP contribution in [0.3, 0.4) is 0 Å². The second-order valence-corrected chi connectivity index (χ2v) is 7.08. The van der Waals surface area contributed by atoms with Gasteiger partial charge in [-0.1, -0.05) is 45.8 Å². The molecule has 1 amide bonds. The van der Waals surface area contributed by atoms with Gasteiger partial charge in [-0.25, -0.2) is 0 Å². The smallest absolute Gasteiger partial charge is 0.360 e. The number of anilines is 1. The number of aromatic nitrogens is 3. The number of hydrogen-bond acceptors (Lipinski definition) is 6. The molecule has 2 heterocycles. The van der Waals surface area contributed by atoms with E-state index in [9.17, 15) is 18.0 Å². The number of carbonyl (C=O) groups excluding carboxylic acids is 1. The summed E-state index contributed by atoms with van der Waals surface area (Å²) in [7, 11) is 1.27. The van der Waals surface area contributed by atoms with Gasteiger partial charge < -0.3 is 4.52 Å². The lowest BCUT2D eigenvalue weighted by Crippen LogP contribution is -2.27. The quantitative estimate of drug-likeness (QED) is 0.570. The zero-order chi connectivity index (χ0) is 19.9. The molecule has 2 aromatic heterocycles. The van der Waals surface area contributed by atoms with Gasteiger partial charge in [0.2, 0.25) is 10.1 Å². The van der Waals surface area contributed by atoms with Crippen LogP contribution in [0.15, 0.2) is 22.7 Å². The van der Waals surface area contributed by atoms with E-state index in [0.717, 1.165) is 4.90 Å². The molecule has 27 heavy (non-hydrogen) atoms. The summed E-state index contributed by atoms with van der Waals surface area (Å²) in [5, 5.41) is 9.43. The van der Waals surface area contributed by atoms with Crippen LogP contribution < -0.4 is 4.90 Å². The van der Waals surface area contributed by atoms with Crippen molar-refractivity contribution >= 4 is 45.6 Å². The molecule has 0 aliphatic rings. The van der Waals surface area contributed by atoms with Crippen LogP contribution in [0.4, 0.5) is 18.3 Å². The molecule has 0 fully saturated rings. The van der Waals surface area contributed by atoms with Gasteiger partial charge in [-0.15, -0.1) is 10.2 Å². The highest BCUT2D eigenvalue weighted by atomic mass is 35.5. The maximum Gasteiger partial charge on any atom is 0.445 e. The van der Waals surface area contributed by atoms with Crippen molar-refractivity contribution in [3.8, 4) is 11.3 Å². The maximum absolute atomic E-state index is 12.9. The first-order chi connectivity index (χ1) is 12.6. The first-order valence-corrected chi connectivity index (χ1v) is 8.78. The first kappa shape index (κ1) is 19.6. The SMILES string of the molecule is Cc1onc(-c2c(Cl)cccc2Cl)c1C(=O)N(C)c1nnc(C(F)(F)F)s1. The third-order valence-corrected chi connectivity index (χ3v) is 5.20. The third-order valence-electron chi connectivity index (χ3n) is 3.52. The van der Waals surface area contributed by atoms with E-state index in [1.54, 1.807) is 18.2 Å². The summed E-state index contributed by atoms with van der Waals surface area (Å²) in [5.41, 5.74) is 0.374. The number of hydrogen-bond donors (Lipinski definition) is 0. The Kier molecular flexibility index (Phi) is 5.15. The third kappa shape index (κ3) is 3.64. The molecule has 0 saturated carbocycles. The van der Waals surface area contributed by atoms with Gasteiger partial charge in [0.05, 0.1) is 10.0 Å². The molecule has 0 aliphatic heterocycles. The molecule has 0 N–H and O–H groups in total. The Morgan fingerprint density at radius 1 is 1.22 bits per heavy atom. The van der Waals surface area contributed by atoms with Crippen molar-refractivity contribution in [3.05, 3.63) is 44.6 Å². The standard InChI is InChI=1S/C15H9Cl2F3N4O2S/c1-6-9(11(23-26-6)10-7(16)4-3-5-8(10)17)12(25)24(2)14-22-21-13(27-14)15(18,19)20/h3-5H,1-2H3. The van der Waals surface area contributed by atoms with Crippen LogP contribution in [0, 0.1) is 6.92 Å². The minimum atomic E-state index is -4.65. The Balaban J connectivity index is 2.03. The summed E-state index contributed by atoms with van der Waals surface area (Å²) in [6.07, 6.45) is -4.65. The topological polar surface area (TPSA) is 72.1 Å². The lowest BCUT2D eigenvalue weighted by molar-refractivity contribution is -0.138. The Bertz CT molecular complexity index is 999. The van der Waals surface area contributed by atoms with Gasteiger partial charge in [0, 0.05) is 12.6 Å². The summed E-state index contributed by atoms with van der Waals surface area (Å²) in [6, 6.07) is 4.74. The van der Waals surface area contributed by atoms with Crippen LogP contribution in [0.1, 0.15) is 21.1 Å². The van der Waals surface area contributed by atoms with Crippen molar-refractivity contribution in [2.75, 3.05) is 11.9 Å². The van der Waals surface area contributed by atoms with Crippen LogP contribution in [0.5, 0.6) is 0 Å². The fourth-order valence-corrected chi connectivity index (χ4v) is 3.49. The number of alkyl halides is 3. The van der Waals surface area contributed by atoms with E-state index in [0.29, 0.717) is 0 Å². The maximum atomic E-state index is 12.9. The predicted octanol–water partition coefficient (Wildman–Crippen LogP) is 5.10. The molecule has 0 saturated heterocycles. The molecule has 12 heteroatoms. The van der Waals surface area contributed by atoms with E-state index in [2.05, 4.69) is 15.4 Å². The zero-order valence-electron chi connectivity index (χ0n) is 13.6. The van der Waals surface area contributed by atoms with E-state index in [1.807, 2.05) is 0 Å². The molecule has 3 aromatic rings. The number of nitrogens with zero attached hydrogens (tertiary/aromatic N) is 4. The van der Waals surface area contributed by atoms with E-state index in [1.165, 1.54) is 14.0 Å². The zero-order valence-corrected chi connectivity index (χ0v) is 16.0. The van der Waals surface area contributed by atoms with Crippen molar-refractivity contribution in [1.82, 2.24) is 15.4 Å². The molecular formula is C15H9Cl2F3N4O2S.